The summed E-state index contributed by atoms with van der Waals surface area (Å²) in [5.41, 5.74) is 0.310. The van der Waals surface area contributed by atoms with Gasteiger partial charge in [0.25, 0.3) is 0 Å². The average molecular weight is 155 g/mol. The molecule has 0 bridgehead atoms. The van der Waals surface area contributed by atoms with Gasteiger partial charge in [-0.25, -0.2) is 4.39 Å². The molecular weight excluding hydrogens is 149 g/mol. The number of hydrogen-bond donors (Lipinski definition) is 2. The van der Waals surface area contributed by atoms with E-state index in [-0.39, 0.29) is 5.75 Å². The van der Waals surface area contributed by atoms with Crippen LogP contribution in [0, 0.1) is 5.82 Å². The van der Waals surface area contributed by atoms with E-state index in [2.05, 4.69) is 5.16 Å². The predicted molar refractivity (Wildman–Crippen MR) is 37.4 cm³/mol. The molecular formula is C7H6FNO2. The summed E-state index contributed by atoms with van der Waals surface area (Å²) >= 11 is 0. The van der Waals surface area contributed by atoms with E-state index in [4.69, 9.17) is 10.3 Å². The van der Waals surface area contributed by atoms with Gasteiger partial charge in [-0.05, 0) is 12.1 Å². The van der Waals surface area contributed by atoms with Crippen LogP contribution in [-0.4, -0.2) is 16.5 Å². The van der Waals surface area contributed by atoms with Gasteiger partial charge in [0.1, 0.15) is 11.6 Å². The molecule has 0 aromatic heterocycles. The Hall–Kier alpha value is -1.58. The highest BCUT2D eigenvalue weighted by molar-refractivity contribution is 5.79. The van der Waals surface area contributed by atoms with Crippen LogP contribution in [0.25, 0.3) is 0 Å². The first-order chi connectivity index (χ1) is 5.22. The van der Waals surface area contributed by atoms with Gasteiger partial charge in [-0.2, -0.15) is 0 Å². The number of nitrogens with zero attached hydrogens (tertiary/aromatic N) is 1. The fraction of sp³-hybridized carbons (Fsp3) is 0. The SMILES string of the molecule is O/N=C/c1cc(O)cc(F)c1. The molecule has 11 heavy (non-hydrogen) atoms. The van der Waals surface area contributed by atoms with Crippen LogP contribution in [0.1, 0.15) is 5.56 Å². The molecule has 0 aliphatic carbocycles. The highest BCUT2D eigenvalue weighted by Gasteiger charge is 1.96. The molecule has 1 rings (SSSR count). The van der Waals surface area contributed by atoms with Gasteiger partial charge in [0.2, 0.25) is 0 Å². The fourth-order valence-corrected chi connectivity index (χ4v) is 0.737. The molecule has 0 fully saturated rings. The Morgan fingerprint density at radius 2 is 2.09 bits per heavy atom. The number of halogens is 1. The number of rotatable bonds is 1. The van der Waals surface area contributed by atoms with Crippen LogP contribution in [-0.2, 0) is 0 Å². The second-order valence-electron chi connectivity index (χ2n) is 1.99. The van der Waals surface area contributed by atoms with Crippen molar-refractivity contribution in [1.82, 2.24) is 0 Å². The normalized spacial score (nSPS) is 10.6. The zero-order chi connectivity index (χ0) is 8.27. The highest BCUT2D eigenvalue weighted by Crippen LogP contribution is 2.12. The van der Waals surface area contributed by atoms with Crippen molar-refractivity contribution in [3.05, 3.63) is 29.6 Å². The summed E-state index contributed by atoms with van der Waals surface area (Å²) in [5.74, 6) is -0.764. The minimum Gasteiger partial charge on any atom is -0.508 e. The van der Waals surface area contributed by atoms with Gasteiger partial charge in [-0.1, -0.05) is 5.16 Å². The van der Waals surface area contributed by atoms with Crippen molar-refractivity contribution in [3.63, 3.8) is 0 Å². The lowest BCUT2D eigenvalue weighted by molar-refractivity contribution is 0.322. The Kier molecular flexibility index (Phi) is 2.06. The average Bonchev–Trinajstić information content (AvgIpc) is 1.85. The number of oxime groups is 1. The topological polar surface area (TPSA) is 52.8 Å². The highest BCUT2D eigenvalue weighted by atomic mass is 19.1. The van der Waals surface area contributed by atoms with Crippen LogP contribution in [0.3, 0.4) is 0 Å². The van der Waals surface area contributed by atoms with Crippen LogP contribution in [0.15, 0.2) is 23.4 Å². The molecule has 3 nitrogen and oxygen atoms in total. The van der Waals surface area contributed by atoms with Crippen LogP contribution in [0.4, 0.5) is 4.39 Å². The lowest BCUT2D eigenvalue weighted by Gasteiger charge is -1.94. The first-order valence-corrected chi connectivity index (χ1v) is 2.89. The van der Waals surface area contributed by atoms with Crippen LogP contribution < -0.4 is 0 Å². The second-order valence-corrected chi connectivity index (χ2v) is 1.99. The molecule has 0 aliphatic rings. The molecule has 0 atom stereocenters. The maximum Gasteiger partial charge on any atom is 0.127 e. The maximum absolute atomic E-state index is 12.4. The van der Waals surface area contributed by atoms with Crippen molar-refractivity contribution in [1.29, 1.82) is 0 Å². The van der Waals surface area contributed by atoms with Gasteiger partial charge in [0, 0.05) is 11.6 Å². The third-order valence-corrected chi connectivity index (χ3v) is 1.11. The minimum atomic E-state index is -0.570. The Balaban J connectivity index is 3.08. The standard InChI is InChI=1S/C7H6FNO2/c8-6-1-5(4-9-11)2-7(10)3-6/h1-4,10-11H/b9-4+. The molecule has 0 aliphatic heterocycles. The molecule has 0 spiro atoms. The van der Waals surface area contributed by atoms with E-state index in [1.165, 1.54) is 6.07 Å². The lowest BCUT2D eigenvalue weighted by Crippen LogP contribution is -1.82. The summed E-state index contributed by atoms with van der Waals surface area (Å²) in [6.45, 7) is 0. The molecule has 0 saturated heterocycles. The van der Waals surface area contributed by atoms with Crippen LogP contribution >= 0.6 is 0 Å². The fourth-order valence-electron chi connectivity index (χ4n) is 0.737. The molecule has 0 unspecified atom stereocenters. The van der Waals surface area contributed by atoms with E-state index in [0.29, 0.717) is 5.56 Å². The summed E-state index contributed by atoms with van der Waals surface area (Å²) in [6.07, 6.45) is 1.03. The van der Waals surface area contributed by atoms with E-state index in [0.717, 1.165) is 18.3 Å². The number of aromatic hydroxyl groups is 1. The molecule has 0 amide bonds. The molecule has 1 aromatic rings. The second kappa shape index (κ2) is 3.01. The Bertz CT molecular complexity index is 266. The summed E-state index contributed by atoms with van der Waals surface area (Å²) in [4.78, 5) is 0. The predicted octanol–water partition coefficient (Wildman–Crippen LogP) is 1.34. The van der Waals surface area contributed by atoms with Gasteiger partial charge >= 0.3 is 0 Å². The molecule has 58 valence electrons. The zero-order valence-corrected chi connectivity index (χ0v) is 5.53. The first kappa shape index (κ1) is 7.53. The Morgan fingerprint density at radius 3 is 2.64 bits per heavy atom. The molecule has 4 heteroatoms. The van der Waals surface area contributed by atoms with E-state index in [1.54, 1.807) is 0 Å². The van der Waals surface area contributed by atoms with E-state index in [1.807, 2.05) is 0 Å². The Labute approximate surface area is 62.4 Å². The monoisotopic (exact) mass is 155 g/mol. The molecule has 0 heterocycles. The van der Waals surface area contributed by atoms with Gasteiger partial charge in [0.05, 0.1) is 6.21 Å². The number of phenols is 1. The van der Waals surface area contributed by atoms with Gasteiger partial charge < -0.3 is 10.3 Å². The van der Waals surface area contributed by atoms with Crippen LogP contribution in [0.2, 0.25) is 0 Å². The summed E-state index contributed by atoms with van der Waals surface area (Å²) in [5, 5.41) is 19.6. The molecule has 1 aromatic carbocycles. The minimum absolute atomic E-state index is 0.195. The van der Waals surface area contributed by atoms with E-state index >= 15 is 0 Å². The van der Waals surface area contributed by atoms with Crippen LogP contribution in [0.5, 0.6) is 5.75 Å². The summed E-state index contributed by atoms with van der Waals surface area (Å²) in [7, 11) is 0. The summed E-state index contributed by atoms with van der Waals surface area (Å²) < 4.78 is 12.4. The lowest BCUT2D eigenvalue weighted by atomic mass is 10.2. The van der Waals surface area contributed by atoms with Crippen molar-refractivity contribution in [2.75, 3.05) is 0 Å². The third kappa shape index (κ3) is 1.93. The molecule has 2 N–H and O–H groups in total. The number of hydrogen-bond acceptors (Lipinski definition) is 3. The smallest absolute Gasteiger partial charge is 0.127 e. The summed E-state index contributed by atoms with van der Waals surface area (Å²) in [6, 6.07) is 3.39. The van der Waals surface area contributed by atoms with E-state index < -0.39 is 5.82 Å². The number of phenolic OH excluding ortho intramolecular Hbond substituents is 1. The van der Waals surface area contributed by atoms with Crippen molar-refractivity contribution < 1.29 is 14.7 Å². The first-order valence-electron chi connectivity index (χ1n) is 2.89. The maximum atomic E-state index is 12.4. The van der Waals surface area contributed by atoms with E-state index in [9.17, 15) is 4.39 Å². The number of benzene rings is 1. The largest absolute Gasteiger partial charge is 0.508 e. The molecule has 0 radical (unpaired) electrons. The van der Waals surface area contributed by atoms with Gasteiger partial charge in [-0.15, -0.1) is 0 Å². The van der Waals surface area contributed by atoms with Crippen molar-refractivity contribution >= 4 is 6.21 Å². The zero-order valence-electron chi connectivity index (χ0n) is 5.53. The molecule has 0 saturated carbocycles. The Morgan fingerprint density at radius 1 is 1.36 bits per heavy atom. The van der Waals surface area contributed by atoms with Crippen molar-refractivity contribution in [2.45, 2.75) is 0 Å². The van der Waals surface area contributed by atoms with Gasteiger partial charge in [0.15, 0.2) is 0 Å². The quantitative estimate of drug-likeness (QED) is 0.365. The van der Waals surface area contributed by atoms with Gasteiger partial charge in [-0.3, -0.25) is 0 Å². The third-order valence-electron chi connectivity index (χ3n) is 1.11. The van der Waals surface area contributed by atoms with Crippen molar-refractivity contribution in [2.24, 2.45) is 5.16 Å². The van der Waals surface area contributed by atoms with Crippen molar-refractivity contribution in [3.8, 4) is 5.75 Å².